The fourth-order valence-corrected chi connectivity index (χ4v) is 3.03. The van der Waals surface area contributed by atoms with Crippen molar-refractivity contribution in [2.24, 2.45) is 0 Å². The van der Waals surface area contributed by atoms with E-state index in [1.807, 2.05) is 36.4 Å². The second kappa shape index (κ2) is 7.97. The molecule has 4 nitrogen and oxygen atoms in total. The van der Waals surface area contributed by atoms with E-state index in [1.165, 1.54) is 0 Å². The monoisotopic (exact) mass is 344 g/mol. The second-order valence-corrected chi connectivity index (χ2v) is 5.78. The predicted octanol–water partition coefficient (Wildman–Crippen LogP) is 3.63. The molecule has 1 aliphatic heterocycles. The molecule has 0 unspecified atom stereocenters. The number of halogens is 1. The molecule has 126 valence electrons. The minimum atomic E-state index is -0.0131. The average Bonchev–Trinajstić information content (AvgIpc) is 2.60. The summed E-state index contributed by atoms with van der Waals surface area (Å²) < 4.78 is 0. The van der Waals surface area contributed by atoms with Gasteiger partial charge in [0.1, 0.15) is 0 Å². The number of hydrogen-bond acceptors (Lipinski definition) is 3. The largest absolute Gasteiger partial charge is 0.398 e. The van der Waals surface area contributed by atoms with Crippen LogP contribution in [-0.4, -0.2) is 18.2 Å². The Kier molecular flexibility index (Phi) is 5.99. The number of rotatable bonds is 4. The third-order valence-corrected chi connectivity index (χ3v) is 4.25. The first-order valence-electron chi connectivity index (χ1n) is 7.93. The predicted molar refractivity (Wildman–Crippen MR) is 98.8 cm³/mol. The molecule has 2 N–H and O–H groups in total. The van der Waals surface area contributed by atoms with E-state index in [4.69, 9.17) is 5.73 Å². The number of nitrogens with two attached hydrogens (primary N) is 1. The van der Waals surface area contributed by atoms with Crippen LogP contribution in [0.25, 0.3) is 0 Å². The van der Waals surface area contributed by atoms with Crippen LogP contribution in [0.3, 0.4) is 0 Å². The van der Waals surface area contributed by atoms with Gasteiger partial charge in [0.05, 0.1) is 0 Å². The standard InChI is InChI=1S/C19H20N2O2.ClH/c20-16-9-4-10-17-15(16)8-5-13-21(17)19(23)12-11-18(22)14-6-2-1-3-7-14;/h1-4,6-7,9-10H,5,8,11-13,20H2;1H. The Bertz CT molecular complexity index is 731. The molecule has 2 aromatic rings. The molecule has 2 aromatic carbocycles. The average molecular weight is 345 g/mol. The number of fused-ring (bicyclic) bond motifs is 1. The second-order valence-electron chi connectivity index (χ2n) is 5.78. The Morgan fingerprint density at radius 1 is 1.00 bits per heavy atom. The number of amides is 1. The van der Waals surface area contributed by atoms with E-state index in [-0.39, 0.29) is 36.9 Å². The van der Waals surface area contributed by atoms with Crippen LogP contribution in [0.1, 0.15) is 35.2 Å². The Balaban J connectivity index is 0.00000208. The molecule has 0 fully saturated rings. The van der Waals surface area contributed by atoms with Crippen LogP contribution >= 0.6 is 12.4 Å². The maximum absolute atomic E-state index is 12.5. The van der Waals surface area contributed by atoms with Crippen LogP contribution in [-0.2, 0) is 11.2 Å². The molecule has 1 amide bonds. The van der Waals surface area contributed by atoms with Crippen molar-refractivity contribution in [1.29, 1.82) is 0 Å². The lowest BCUT2D eigenvalue weighted by atomic mass is 9.99. The molecule has 0 saturated carbocycles. The maximum atomic E-state index is 12.5. The zero-order valence-electron chi connectivity index (χ0n) is 13.4. The normalized spacial score (nSPS) is 12.9. The summed E-state index contributed by atoms with van der Waals surface area (Å²) in [4.78, 5) is 26.5. The summed E-state index contributed by atoms with van der Waals surface area (Å²) in [5, 5.41) is 0. The molecule has 0 aliphatic carbocycles. The molecular weight excluding hydrogens is 324 g/mol. The smallest absolute Gasteiger partial charge is 0.227 e. The molecule has 3 rings (SSSR count). The van der Waals surface area contributed by atoms with Crippen LogP contribution in [0.5, 0.6) is 0 Å². The van der Waals surface area contributed by atoms with Crippen LogP contribution < -0.4 is 10.6 Å². The molecule has 24 heavy (non-hydrogen) atoms. The fraction of sp³-hybridized carbons (Fsp3) is 0.263. The van der Waals surface area contributed by atoms with E-state index in [2.05, 4.69) is 0 Å². The highest BCUT2D eigenvalue weighted by Crippen LogP contribution is 2.31. The molecule has 0 atom stereocenters. The van der Waals surface area contributed by atoms with Gasteiger partial charge in [-0.2, -0.15) is 0 Å². The Morgan fingerprint density at radius 3 is 2.50 bits per heavy atom. The highest BCUT2D eigenvalue weighted by Gasteiger charge is 2.24. The van der Waals surface area contributed by atoms with Crippen molar-refractivity contribution < 1.29 is 9.59 Å². The number of Topliss-reactive ketones (excluding diaryl/α,β-unsaturated/α-hetero) is 1. The van der Waals surface area contributed by atoms with Gasteiger partial charge in [-0.15, -0.1) is 12.4 Å². The van der Waals surface area contributed by atoms with E-state index >= 15 is 0 Å². The van der Waals surface area contributed by atoms with Gasteiger partial charge in [0, 0.05) is 36.3 Å². The minimum absolute atomic E-state index is 0. The molecule has 0 spiro atoms. The Morgan fingerprint density at radius 2 is 1.75 bits per heavy atom. The summed E-state index contributed by atoms with van der Waals surface area (Å²) in [6.45, 7) is 0.689. The number of nitrogen functional groups attached to an aromatic ring is 1. The van der Waals surface area contributed by atoms with Gasteiger partial charge in [0.25, 0.3) is 0 Å². The summed E-state index contributed by atoms with van der Waals surface area (Å²) in [5.41, 5.74) is 9.34. The minimum Gasteiger partial charge on any atom is -0.398 e. The van der Waals surface area contributed by atoms with E-state index in [1.54, 1.807) is 17.0 Å². The summed E-state index contributed by atoms with van der Waals surface area (Å²) in [5.74, 6) is -0.00964. The maximum Gasteiger partial charge on any atom is 0.227 e. The van der Waals surface area contributed by atoms with Crippen LogP contribution in [0, 0.1) is 0 Å². The number of carbonyl (C=O) groups is 2. The third-order valence-electron chi connectivity index (χ3n) is 4.25. The summed E-state index contributed by atoms with van der Waals surface area (Å²) in [7, 11) is 0. The molecule has 0 bridgehead atoms. The molecule has 1 aliphatic rings. The van der Waals surface area contributed by atoms with Gasteiger partial charge < -0.3 is 10.6 Å². The lowest BCUT2D eigenvalue weighted by Crippen LogP contribution is -2.35. The van der Waals surface area contributed by atoms with Gasteiger partial charge in [0.2, 0.25) is 5.91 Å². The molecule has 1 heterocycles. The topological polar surface area (TPSA) is 63.4 Å². The summed E-state index contributed by atoms with van der Waals surface area (Å²) in [6.07, 6.45) is 2.26. The zero-order chi connectivity index (χ0) is 16.2. The van der Waals surface area contributed by atoms with E-state index < -0.39 is 0 Å². The van der Waals surface area contributed by atoms with Crippen LogP contribution in [0.4, 0.5) is 11.4 Å². The Hall–Kier alpha value is -2.33. The van der Waals surface area contributed by atoms with Gasteiger partial charge in [-0.25, -0.2) is 0 Å². The Labute approximate surface area is 148 Å². The first kappa shape index (κ1) is 18.0. The van der Waals surface area contributed by atoms with E-state index in [9.17, 15) is 9.59 Å². The van der Waals surface area contributed by atoms with Crippen LogP contribution in [0.2, 0.25) is 0 Å². The quantitative estimate of drug-likeness (QED) is 0.680. The van der Waals surface area contributed by atoms with Crippen molar-refractivity contribution in [1.82, 2.24) is 0 Å². The molecule has 0 saturated heterocycles. The first-order valence-corrected chi connectivity index (χ1v) is 7.93. The van der Waals surface area contributed by atoms with Gasteiger partial charge in [-0.3, -0.25) is 9.59 Å². The van der Waals surface area contributed by atoms with Crippen molar-refractivity contribution in [3.8, 4) is 0 Å². The zero-order valence-corrected chi connectivity index (χ0v) is 14.2. The number of carbonyl (C=O) groups excluding carboxylic acids is 2. The van der Waals surface area contributed by atoms with Gasteiger partial charge in [0.15, 0.2) is 5.78 Å². The lowest BCUT2D eigenvalue weighted by Gasteiger charge is -2.30. The van der Waals surface area contributed by atoms with E-state index in [0.717, 1.165) is 29.8 Å². The van der Waals surface area contributed by atoms with Crippen molar-refractivity contribution in [3.05, 3.63) is 59.7 Å². The number of benzene rings is 2. The van der Waals surface area contributed by atoms with Crippen molar-refractivity contribution >= 4 is 35.5 Å². The fourth-order valence-electron chi connectivity index (χ4n) is 3.03. The summed E-state index contributed by atoms with van der Waals surface area (Å²) in [6, 6.07) is 14.8. The third kappa shape index (κ3) is 3.77. The summed E-state index contributed by atoms with van der Waals surface area (Å²) >= 11 is 0. The lowest BCUT2D eigenvalue weighted by molar-refractivity contribution is -0.118. The number of hydrogen-bond donors (Lipinski definition) is 1. The van der Waals surface area contributed by atoms with Gasteiger partial charge in [-0.1, -0.05) is 36.4 Å². The van der Waals surface area contributed by atoms with Crippen molar-refractivity contribution in [2.45, 2.75) is 25.7 Å². The molecular formula is C19H21ClN2O2. The number of nitrogens with zero attached hydrogens (tertiary/aromatic N) is 1. The van der Waals surface area contributed by atoms with Crippen molar-refractivity contribution in [2.75, 3.05) is 17.2 Å². The molecule has 0 radical (unpaired) electrons. The highest BCUT2D eigenvalue weighted by molar-refractivity contribution is 6.01. The molecule has 0 aromatic heterocycles. The number of anilines is 2. The van der Waals surface area contributed by atoms with Crippen molar-refractivity contribution in [3.63, 3.8) is 0 Å². The SMILES string of the molecule is Cl.Nc1cccc2c1CCCN2C(=O)CCC(=O)c1ccccc1. The van der Waals surface area contributed by atoms with Crippen LogP contribution in [0.15, 0.2) is 48.5 Å². The first-order chi connectivity index (χ1) is 11.2. The van der Waals surface area contributed by atoms with Gasteiger partial charge >= 0.3 is 0 Å². The van der Waals surface area contributed by atoms with Gasteiger partial charge in [-0.05, 0) is 30.5 Å². The highest BCUT2D eigenvalue weighted by atomic mass is 35.5. The molecule has 5 heteroatoms. The number of ketones is 1. The van der Waals surface area contributed by atoms with E-state index in [0.29, 0.717) is 12.1 Å².